The van der Waals surface area contributed by atoms with Crippen LogP contribution >= 0.6 is 45.8 Å². The summed E-state index contributed by atoms with van der Waals surface area (Å²) < 4.78 is 26.5. The van der Waals surface area contributed by atoms with E-state index in [1.807, 2.05) is 0 Å². The zero-order valence-electron chi connectivity index (χ0n) is 5.01. The second kappa shape index (κ2) is 3.69. The Hall–Kier alpha value is 1.13. The van der Waals surface area contributed by atoms with Crippen LogP contribution in [-0.2, 0) is 4.74 Å². The van der Waals surface area contributed by atoms with Gasteiger partial charge in [0.05, 0.1) is 0 Å². The van der Waals surface area contributed by atoms with Gasteiger partial charge in [0, 0.05) is 6.61 Å². The molecule has 0 aliphatic carbocycles. The summed E-state index contributed by atoms with van der Waals surface area (Å²) in [7, 11) is 0. The molecule has 0 fully saturated rings. The Morgan fingerprint density at radius 2 is 1.90 bits per heavy atom. The second-order valence-electron chi connectivity index (χ2n) is 1.45. The number of hydrogen-bond donors (Lipinski definition) is 0. The van der Waals surface area contributed by atoms with Crippen LogP contribution in [0, 0.1) is 0 Å². The Morgan fingerprint density at radius 1 is 1.50 bits per heavy atom. The molecular weight excluding hydrogens is 300 g/mol. The predicted molar refractivity (Wildman–Crippen MR) is 45.0 cm³/mol. The van der Waals surface area contributed by atoms with Crippen LogP contribution in [0.3, 0.4) is 0 Å². The molecule has 2 atom stereocenters. The standard InChI is InChI=1S/C4H5Cl2F2IO/c1-2-10-4(6,8)3(5,7)9/h2H2,1H3. The van der Waals surface area contributed by atoms with Gasteiger partial charge in [-0.1, -0.05) is 11.6 Å². The summed E-state index contributed by atoms with van der Waals surface area (Å²) >= 11 is 10.8. The van der Waals surface area contributed by atoms with Crippen molar-refractivity contribution in [1.29, 1.82) is 0 Å². The molecule has 0 aliphatic heterocycles. The lowest BCUT2D eigenvalue weighted by molar-refractivity contribution is -0.102. The van der Waals surface area contributed by atoms with Gasteiger partial charge < -0.3 is 4.74 Å². The Kier molecular flexibility index (Phi) is 4.11. The van der Waals surface area contributed by atoms with Crippen LogP contribution in [0.4, 0.5) is 8.78 Å². The van der Waals surface area contributed by atoms with Crippen molar-refractivity contribution in [3.8, 4) is 0 Å². The average molecular weight is 305 g/mol. The Bertz CT molecular complexity index is 114. The number of hydrogen-bond acceptors (Lipinski definition) is 1. The highest BCUT2D eigenvalue weighted by molar-refractivity contribution is 14.1. The van der Waals surface area contributed by atoms with E-state index in [0.717, 1.165) is 22.6 Å². The minimum atomic E-state index is -2.95. The van der Waals surface area contributed by atoms with Crippen LogP contribution in [0.5, 0.6) is 0 Å². The van der Waals surface area contributed by atoms with Crippen molar-refractivity contribution >= 4 is 45.8 Å². The predicted octanol–water partition coefficient (Wildman–Crippen LogP) is 3.18. The van der Waals surface area contributed by atoms with Crippen molar-refractivity contribution in [2.24, 2.45) is 0 Å². The summed E-state index contributed by atoms with van der Waals surface area (Å²) in [5.41, 5.74) is 0. The van der Waals surface area contributed by atoms with Crippen molar-refractivity contribution in [2.75, 3.05) is 6.61 Å². The van der Waals surface area contributed by atoms with E-state index in [0.29, 0.717) is 0 Å². The van der Waals surface area contributed by atoms with Crippen LogP contribution in [0.1, 0.15) is 6.92 Å². The number of rotatable bonds is 3. The largest absolute Gasteiger partial charge is 0.344 e. The molecule has 2 unspecified atom stereocenters. The molecule has 0 rings (SSSR count). The van der Waals surface area contributed by atoms with Crippen LogP contribution in [0.15, 0.2) is 0 Å². The lowest BCUT2D eigenvalue weighted by Gasteiger charge is -2.23. The average Bonchev–Trinajstić information content (AvgIpc) is 1.61. The molecular formula is C4H5Cl2F2IO. The monoisotopic (exact) mass is 304 g/mol. The minimum absolute atomic E-state index is 0.0403. The van der Waals surface area contributed by atoms with E-state index in [1.54, 1.807) is 0 Å². The summed E-state index contributed by atoms with van der Waals surface area (Å²) in [6.45, 7) is 1.44. The van der Waals surface area contributed by atoms with Crippen molar-refractivity contribution < 1.29 is 13.5 Å². The van der Waals surface area contributed by atoms with E-state index in [9.17, 15) is 8.78 Å². The Morgan fingerprint density at radius 3 is 2.00 bits per heavy atom. The van der Waals surface area contributed by atoms with E-state index >= 15 is 0 Å². The first-order valence-electron chi connectivity index (χ1n) is 2.39. The molecule has 1 nitrogen and oxygen atoms in total. The first-order chi connectivity index (χ1) is 4.31. The fourth-order valence-corrected chi connectivity index (χ4v) is 0.582. The SMILES string of the molecule is CCOC(F)(Cl)C(F)(Cl)I. The molecule has 0 radical (unpaired) electrons. The van der Waals surface area contributed by atoms with Gasteiger partial charge in [-0.15, -0.1) is 0 Å². The summed E-state index contributed by atoms with van der Waals surface area (Å²) in [6, 6.07) is 0. The van der Waals surface area contributed by atoms with Gasteiger partial charge in [-0.2, -0.15) is 4.39 Å². The van der Waals surface area contributed by atoms with E-state index in [1.165, 1.54) is 6.92 Å². The molecule has 62 valence electrons. The van der Waals surface area contributed by atoms with Crippen molar-refractivity contribution in [1.82, 2.24) is 0 Å². The van der Waals surface area contributed by atoms with Gasteiger partial charge in [0.15, 0.2) is 0 Å². The highest BCUT2D eigenvalue weighted by atomic mass is 127. The molecule has 0 aromatic heterocycles. The lowest BCUT2D eigenvalue weighted by atomic mass is 10.7. The molecule has 0 aromatic rings. The van der Waals surface area contributed by atoms with Crippen LogP contribution in [-0.4, -0.2) is 15.1 Å². The van der Waals surface area contributed by atoms with Crippen LogP contribution in [0.25, 0.3) is 0 Å². The fourth-order valence-electron chi connectivity index (χ4n) is 0.263. The summed E-state index contributed by atoms with van der Waals surface area (Å²) in [6.07, 6.45) is 0. The third-order valence-corrected chi connectivity index (χ3v) is 2.38. The third-order valence-electron chi connectivity index (χ3n) is 0.656. The van der Waals surface area contributed by atoms with Gasteiger partial charge in [-0.25, -0.2) is 4.39 Å². The molecule has 0 N–H and O–H groups in total. The molecule has 0 bridgehead atoms. The highest BCUT2D eigenvalue weighted by Gasteiger charge is 2.50. The zero-order chi connectivity index (χ0) is 8.41. The van der Waals surface area contributed by atoms with Gasteiger partial charge in [0.2, 0.25) is 0 Å². The lowest BCUT2D eigenvalue weighted by Crippen LogP contribution is -2.35. The maximum atomic E-state index is 12.6. The highest BCUT2D eigenvalue weighted by Crippen LogP contribution is 2.44. The van der Waals surface area contributed by atoms with Crippen molar-refractivity contribution in [3.05, 3.63) is 0 Å². The van der Waals surface area contributed by atoms with Crippen LogP contribution in [0.2, 0.25) is 0 Å². The molecule has 0 spiro atoms. The zero-order valence-corrected chi connectivity index (χ0v) is 8.67. The van der Waals surface area contributed by atoms with Gasteiger partial charge in [-0.3, -0.25) is 0 Å². The van der Waals surface area contributed by atoms with E-state index in [-0.39, 0.29) is 6.61 Å². The normalized spacial score (nSPS) is 23.4. The maximum Gasteiger partial charge on any atom is 0.344 e. The first kappa shape index (κ1) is 11.1. The fraction of sp³-hybridized carbons (Fsp3) is 1.00. The minimum Gasteiger partial charge on any atom is -0.330 e. The second-order valence-corrected chi connectivity index (χ2v) is 4.58. The van der Waals surface area contributed by atoms with Gasteiger partial charge in [0.25, 0.3) is 0 Å². The van der Waals surface area contributed by atoms with Gasteiger partial charge in [-0.05, 0) is 41.1 Å². The van der Waals surface area contributed by atoms with Crippen LogP contribution < -0.4 is 0 Å². The molecule has 0 saturated heterocycles. The molecule has 0 aromatic carbocycles. The Balaban J connectivity index is 4.10. The summed E-state index contributed by atoms with van der Waals surface area (Å²) in [5.74, 6) is 0. The van der Waals surface area contributed by atoms with Gasteiger partial charge >= 0.3 is 8.45 Å². The number of ether oxygens (including phenoxy) is 1. The van der Waals surface area contributed by atoms with E-state index in [2.05, 4.69) is 4.74 Å². The molecule has 0 amide bonds. The third kappa shape index (κ3) is 3.02. The first-order valence-corrected chi connectivity index (χ1v) is 4.23. The Labute approximate surface area is 81.1 Å². The van der Waals surface area contributed by atoms with E-state index < -0.39 is 8.45 Å². The smallest absolute Gasteiger partial charge is 0.330 e. The molecule has 0 saturated carbocycles. The topological polar surface area (TPSA) is 9.23 Å². The molecule has 0 heterocycles. The number of halogens is 5. The van der Waals surface area contributed by atoms with Crippen molar-refractivity contribution in [2.45, 2.75) is 15.4 Å². The van der Waals surface area contributed by atoms with Gasteiger partial charge in [0.1, 0.15) is 0 Å². The summed E-state index contributed by atoms with van der Waals surface area (Å²) in [5, 5.41) is -2.95. The number of alkyl halides is 5. The molecule has 10 heavy (non-hydrogen) atoms. The van der Waals surface area contributed by atoms with Crippen molar-refractivity contribution in [3.63, 3.8) is 0 Å². The molecule has 6 heteroatoms. The summed E-state index contributed by atoms with van der Waals surface area (Å²) in [4.78, 5) is 0. The maximum absolute atomic E-state index is 12.6. The quantitative estimate of drug-likeness (QED) is 0.575. The van der Waals surface area contributed by atoms with E-state index in [4.69, 9.17) is 23.2 Å². The molecule has 0 aliphatic rings.